The number of thiol groups is 1. The van der Waals surface area contributed by atoms with E-state index in [0.29, 0.717) is 0 Å². The SMILES string of the molecule is CCCCCCCCC(CCCS)C(C)(O)O. The van der Waals surface area contributed by atoms with Crippen LogP contribution in [0.1, 0.15) is 71.6 Å². The fraction of sp³-hybridized carbons (Fsp3) is 1.00. The second kappa shape index (κ2) is 10.2. The second-order valence-corrected chi connectivity index (χ2v) is 5.66. The molecule has 2 nitrogen and oxygen atoms in total. The van der Waals surface area contributed by atoms with Gasteiger partial charge in [-0.1, -0.05) is 45.4 Å². The smallest absolute Gasteiger partial charge is 0.162 e. The van der Waals surface area contributed by atoms with Gasteiger partial charge in [-0.15, -0.1) is 0 Å². The summed E-state index contributed by atoms with van der Waals surface area (Å²) in [6.07, 6.45) is 10.3. The van der Waals surface area contributed by atoms with Crippen LogP contribution in [0.5, 0.6) is 0 Å². The van der Waals surface area contributed by atoms with Gasteiger partial charge in [0.25, 0.3) is 0 Å². The highest BCUT2D eigenvalue weighted by molar-refractivity contribution is 7.80. The molecule has 0 aliphatic carbocycles. The van der Waals surface area contributed by atoms with Gasteiger partial charge in [-0.25, -0.2) is 0 Å². The zero-order valence-corrected chi connectivity index (χ0v) is 12.4. The molecule has 0 aromatic rings. The summed E-state index contributed by atoms with van der Waals surface area (Å²) in [7, 11) is 0. The predicted octanol–water partition coefficient (Wildman–Crippen LogP) is 3.76. The first-order valence-corrected chi connectivity index (χ1v) is 7.71. The summed E-state index contributed by atoms with van der Waals surface area (Å²) in [5.74, 6) is -0.698. The van der Waals surface area contributed by atoms with Crippen LogP contribution in [0.25, 0.3) is 0 Å². The van der Waals surface area contributed by atoms with Gasteiger partial charge in [0.15, 0.2) is 5.79 Å². The van der Waals surface area contributed by atoms with Crippen LogP contribution in [0.15, 0.2) is 0 Å². The molecule has 0 saturated heterocycles. The quantitative estimate of drug-likeness (QED) is 0.301. The Balaban J connectivity index is 3.69. The fourth-order valence-electron chi connectivity index (χ4n) is 2.20. The summed E-state index contributed by atoms with van der Waals surface area (Å²) >= 11 is 4.18. The number of aliphatic hydroxyl groups is 2. The molecule has 0 aromatic carbocycles. The molecule has 0 aliphatic heterocycles. The fourth-order valence-corrected chi connectivity index (χ4v) is 2.38. The van der Waals surface area contributed by atoms with E-state index in [1.807, 2.05) is 0 Å². The van der Waals surface area contributed by atoms with E-state index >= 15 is 0 Å². The molecule has 2 N–H and O–H groups in total. The molecule has 1 unspecified atom stereocenters. The van der Waals surface area contributed by atoms with Gasteiger partial charge in [0.2, 0.25) is 0 Å². The topological polar surface area (TPSA) is 40.5 Å². The molecule has 104 valence electrons. The molecular formula is C14H30O2S. The lowest BCUT2D eigenvalue weighted by Gasteiger charge is -2.27. The van der Waals surface area contributed by atoms with Crippen molar-refractivity contribution < 1.29 is 10.2 Å². The van der Waals surface area contributed by atoms with Gasteiger partial charge in [0, 0.05) is 5.92 Å². The maximum Gasteiger partial charge on any atom is 0.162 e. The Hall–Kier alpha value is 0.270. The van der Waals surface area contributed by atoms with Gasteiger partial charge in [0.05, 0.1) is 0 Å². The molecule has 1 atom stereocenters. The highest BCUT2D eigenvalue weighted by Gasteiger charge is 2.27. The lowest BCUT2D eigenvalue weighted by atomic mass is 9.89. The van der Waals surface area contributed by atoms with E-state index < -0.39 is 5.79 Å². The Kier molecular flexibility index (Phi) is 10.4. The van der Waals surface area contributed by atoms with E-state index in [1.54, 1.807) is 0 Å². The summed E-state index contributed by atoms with van der Waals surface area (Å²) in [6, 6.07) is 0. The Morgan fingerprint density at radius 2 is 1.47 bits per heavy atom. The number of unbranched alkanes of at least 4 members (excludes halogenated alkanes) is 5. The molecule has 0 fully saturated rings. The first-order chi connectivity index (χ1) is 8.02. The minimum Gasteiger partial charge on any atom is -0.366 e. The second-order valence-electron chi connectivity index (χ2n) is 5.21. The first kappa shape index (κ1) is 17.3. The Morgan fingerprint density at radius 1 is 0.941 bits per heavy atom. The van der Waals surface area contributed by atoms with Crippen molar-refractivity contribution in [3.63, 3.8) is 0 Å². The van der Waals surface area contributed by atoms with Crippen molar-refractivity contribution in [2.24, 2.45) is 5.92 Å². The van der Waals surface area contributed by atoms with Crippen LogP contribution in [-0.2, 0) is 0 Å². The molecule has 0 aromatic heterocycles. The number of rotatable bonds is 11. The van der Waals surface area contributed by atoms with Gasteiger partial charge in [-0.2, -0.15) is 12.6 Å². The van der Waals surface area contributed by atoms with Crippen molar-refractivity contribution in [2.45, 2.75) is 77.4 Å². The third-order valence-electron chi connectivity index (χ3n) is 3.39. The van der Waals surface area contributed by atoms with Gasteiger partial charge in [-0.05, 0) is 31.9 Å². The van der Waals surface area contributed by atoms with Crippen molar-refractivity contribution in [1.29, 1.82) is 0 Å². The van der Waals surface area contributed by atoms with E-state index in [4.69, 9.17) is 0 Å². The van der Waals surface area contributed by atoms with Crippen LogP contribution in [0, 0.1) is 5.92 Å². The van der Waals surface area contributed by atoms with Crippen LogP contribution in [0.2, 0.25) is 0 Å². The average Bonchev–Trinajstić information content (AvgIpc) is 2.25. The van der Waals surface area contributed by atoms with E-state index in [0.717, 1.165) is 31.4 Å². The van der Waals surface area contributed by atoms with Gasteiger partial charge in [-0.3, -0.25) is 0 Å². The lowest BCUT2D eigenvalue weighted by Crippen LogP contribution is -2.34. The van der Waals surface area contributed by atoms with E-state index in [9.17, 15) is 10.2 Å². The van der Waals surface area contributed by atoms with Crippen LogP contribution in [0.3, 0.4) is 0 Å². The minimum absolute atomic E-state index is 0.000764. The van der Waals surface area contributed by atoms with Crippen molar-refractivity contribution in [3.8, 4) is 0 Å². The highest BCUT2D eigenvalue weighted by atomic mass is 32.1. The van der Waals surface area contributed by atoms with E-state index in [1.165, 1.54) is 39.0 Å². The van der Waals surface area contributed by atoms with Crippen LogP contribution in [-0.4, -0.2) is 21.8 Å². The lowest BCUT2D eigenvalue weighted by molar-refractivity contribution is -0.188. The zero-order chi connectivity index (χ0) is 13.1. The molecule has 0 amide bonds. The van der Waals surface area contributed by atoms with Crippen molar-refractivity contribution in [2.75, 3.05) is 5.75 Å². The van der Waals surface area contributed by atoms with Crippen molar-refractivity contribution >= 4 is 12.6 Å². The standard InChI is InChI=1S/C14H30O2S/c1-3-4-5-6-7-8-10-13(11-9-12-17)14(2,15)16/h13,15-17H,3-12H2,1-2H3. The molecule has 0 bridgehead atoms. The maximum atomic E-state index is 9.68. The highest BCUT2D eigenvalue weighted by Crippen LogP contribution is 2.26. The number of hydrogen-bond donors (Lipinski definition) is 3. The van der Waals surface area contributed by atoms with Crippen LogP contribution >= 0.6 is 12.6 Å². The zero-order valence-electron chi connectivity index (χ0n) is 11.5. The maximum absolute atomic E-state index is 9.68. The molecule has 3 heteroatoms. The van der Waals surface area contributed by atoms with Crippen molar-refractivity contribution in [1.82, 2.24) is 0 Å². The minimum atomic E-state index is -1.52. The molecule has 0 rings (SSSR count). The predicted molar refractivity (Wildman–Crippen MR) is 77.4 cm³/mol. The van der Waals surface area contributed by atoms with Crippen LogP contribution in [0.4, 0.5) is 0 Å². The van der Waals surface area contributed by atoms with Crippen LogP contribution < -0.4 is 0 Å². The van der Waals surface area contributed by atoms with Gasteiger partial charge < -0.3 is 10.2 Å². The van der Waals surface area contributed by atoms with E-state index in [2.05, 4.69) is 19.6 Å². The summed E-state index contributed by atoms with van der Waals surface area (Å²) in [5, 5.41) is 19.4. The monoisotopic (exact) mass is 262 g/mol. The molecule has 0 saturated carbocycles. The Labute approximate surface area is 112 Å². The van der Waals surface area contributed by atoms with Gasteiger partial charge >= 0.3 is 0 Å². The molecular weight excluding hydrogens is 232 g/mol. The molecule has 0 radical (unpaired) electrons. The third kappa shape index (κ3) is 9.93. The summed E-state index contributed by atoms with van der Waals surface area (Å²) in [4.78, 5) is 0. The third-order valence-corrected chi connectivity index (χ3v) is 3.71. The first-order valence-electron chi connectivity index (χ1n) is 7.08. The summed E-state index contributed by atoms with van der Waals surface area (Å²) < 4.78 is 0. The summed E-state index contributed by atoms with van der Waals surface area (Å²) in [6.45, 7) is 3.73. The van der Waals surface area contributed by atoms with Crippen molar-refractivity contribution in [3.05, 3.63) is 0 Å². The Morgan fingerprint density at radius 3 is 2.00 bits per heavy atom. The van der Waals surface area contributed by atoms with E-state index in [-0.39, 0.29) is 5.92 Å². The number of hydrogen-bond acceptors (Lipinski definition) is 3. The molecule has 0 heterocycles. The molecule has 0 aliphatic rings. The summed E-state index contributed by atoms with van der Waals surface area (Å²) in [5.41, 5.74) is 0. The average molecular weight is 262 g/mol. The Bertz CT molecular complexity index is 166. The molecule has 0 spiro atoms. The van der Waals surface area contributed by atoms with Gasteiger partial charge in [0.1, 0.15) is 0 Å². The largest absolute Gasteiger partial charge is 0.366 e. The normalized spacial score (nSPS) is 13.9. The molecule has 17 heavy (non-hydrogen) atoms.